The summed E-state index contributed by atoms with van der Waals surface area (Å²) in [6, 6.07) is 16.0. The van der Waals surface area contributed by atoms with Crippen molar-refractivity contribution in [2.75, 3.05) is 0 Å². The third-order valence-corrected chi connectivity index (χ3v) is 9.24. The molecular weight excluding hydrogens is 495 g/mol. The lowest BCUT2D eigenvalue weighted by atomic mass is 9.62. The van der Waals surface area contributed by atoms with Crippen molar-refractivity contribution in [3.05, 3.63) is 76.5 Å². The number of pyridine rings is 1. The Balaban J connectivity index is 1.96. The van der Waals surface area contributed by atoms with E-state index in [0.29, 0.717) is 11.0 Å². The molecule has 2 nitrogen and oxygen atoms in total. The molecule has 2 aromatic heterocycles. The second-order valence-corrected chi connectivity index (χ2v) is 13.3. The number of aryl methyl sites for hydroxylation is 2. The van der Waals surface area contributed by atoms with Crippen LogP contribution in [0, 0.1) is 13.8 Å². The molecule has 202 valence electrons. The summed E-state index contributed by atoms with van der Waals surface area (Å²) in [5, 5.41) is 3.58. The van der Waals surface area contributed by atoms with Gasteiger partial charge in [0.2, 0.25) is 17.0 Å². The SMILES string of the molecule is Cc1cc(C)c2c3oc(C(F)(F)F)cc3c3[n+](c2c1)C(C)(C)C(C)(C)c1c-3cc(C(C)(C)C)c2ccccc12. The maximum Gasteiger partial charge on any atom is 0.449 e. The Morgan fingerprint density at radius 1 is 0.821 bits per heavy atom. The fraction of sp³-hybridized carbons (Fsp3) is 0.382. The van der Waals surface area contributed by atoms with Gasteiger partial charge in [-0.1, -0.05) is 51.1 Å². The highest BCUT2D eigenvalue weighted by molar-refractivity contribution is 6.09. The first kappa shape index (κ1) is 25.9. The molecule has 0 bridgehead atoms. The molecule has 6 rings (SSSR count). The molecule has 3 heterocycles. The summed E-state index contributed by atoms with van der Waals surface area (Å²) in [6.45, 7) is 19.5. The number of nitrogens with zero attached hydrogens (tertiary/aromatic N) is 1. The lowest BCUT2D eigenvalue weighted by Crippen LogP contribution is -2.66. The molecule has 0 saturated carbocycles. The topological polar surface area (TPSA) is 17.0 Å². The smallest absolute Gasteiger partial charge is 0.449 e. The number of hydrogen-bond acceptors (Lipinski definition) is 1. The van der Waals surface area contributed by atoms with Crippen molar-refractivity contribution in [3.8, 4) is 11.3 Å². The number of rotatable bonds is 0. The Labute approximate surface area is 227 Å². The van der Waals surface area contributed by atoms with E-state index in [4.69, 9.17) is 4.42 Å². The van der Waals surface area contributed by atoms with Crippen LogP contribution in [0.1, 0.15) is 76.5 Å². The maximum atomic E-state index is 14.1. The van der Waals surface area contributed by atoms with Gasteiger partial charge in [-0.05, 0) is 72.2 Å². The largest absolute Gasteiger partial charge is 0.450 e. The van der Waals surface area contributed by atoms with Crippen molar-refractivity contribution in [1.82, 2.24) is 0 Å². The van der Waals surface area contributed by atoms with E-state index in [2.05, 4.69) is 89.4 Å². The number of aromatic nitrogens is 1. The second-order valence-electron chi connectivity index (χ2n) is 13.3. The summed E-state index contributed by atoms with van der Waals surface area (Å²) in [5.74, 6) is -0.964. The first-order valence-electron chi connectivity index (χ1n) is 13.5. The number of fused-ring (bicyclic) bond motifs is 10. The van der Waals surface area contributed by atoms with Gasteiger partial charge in [-0.25, -0.2) is 0 Å². The van der Waals surface area contributed by atoms with Gasteiger partial charge >= 0.3 is 6.18 Å². The zero-order chi connectivity index (χ0) is 28.4. The molecule has 5 aromatic rings. The standard InChI is InChI=1S/C34H35F3NO/c1-18-14-19(2)27-25(15-18)38-29(23-17-26(34(35,36)37)39-30(23)27)22-16-24(31(3,4)5)20-12-10-11-13-21(20)28(22)32(6,7)33(38,8)9/h10-17H,1-9H3/q+1. The average molecular weight is 531 g/mol. The van der Waals surface area contributed by atoms with Crippen molar-refractivity contribution >= 4 is 32.6 Å². The Morgan fingerprint density at radius 3 is 2.08 bits per heavy atom. The number of alkyl halides is 3. The normalized spacial score (nSPS) is 16.6. The minimum Gasteiger partial charge on any atom is -0.450 e. The van der Waals surface area contributed by atoms with E-state index in [1.54, 1.807) is 0 Å². The molecule has 0 radical (unpaired) electrons. The minimum absolute atomic E-state index is 0.173. The zero-order valence-corrected chi connectivity index (χ0v) is 24.1. The Kier molecular flexibility index (Phi) is 5.08. The van der Waals surface area contributed by atoms with Gasteiger partial charge in [-0.2, -0.15) is 17.7 Å². The number of halogens is 3. The van der Waals surface area contributed by atoms with E-state index in [1.165, 1.54) is 17.0 Å². The molecule has 3 aromatic carbocycles. The molecule has 1 aliphatic heterocycles. The van der Waals surface area contributed by atoms with Crippen LogP contribution in [0.2, 0.25) is 0 Å². The minimum atomic E-state index is -4.59. The molecule has 0 aliphatic carbocycles. The van der Waals surface area contributed by atoms with Crippen LogP contribution in [0.25, 0.3) is 43.9 Å². The second kappa shape index (κ2) is 7.65. The summed E-state index contributed by atoms with van der Waals surface area (Å²) in [4.78, 5) is 0. The van der Waals surface area contributed by atoms with Crippen molar-refractivity contribution in [2.24, 2.45) is 0 Å². The van der Waals surface area contributed by atoms with Crippen LogP contribution in [0.15, 0.2) is 52.9 Å². The monoisotopic (exact) mass is 530 g/mol. The highest BCUT2D eigenvalue weighted by Crippen LogP contribution is 2.53. The number of benzene rings is 3. The fourth-order valence-electron chi connectivity index (χ4n) is 6.84. The average Bonchev–Trinajstić information content (AvgIpc) is 3.25. The van der Waals surface area contributed by atoms with Crippen LogP contribution < -0.4 is 4.57 Å². The molecule has 1 aliphatic rings. The van der Waals surface area contributed by atoms with Crippen molar-refractivity contribution in [1.29, 1.82) is 0 Å². The van der Waals surface area contributed by atoms with Gasteiger partial charge in [0, 0.05) is 26.0 Å². The Morgan fingerprint density at radius 2 is 1.46 bits per heavy atom. The van der Waals surface area contributed by atoms with E-state index in [-0.39, 0.29) is 10.8 Å². The Hall–Kier alpha value is -3.34. The molecule has 0 saturated heterocycles. The van der Waals surface area contributed by atoms with Crippen LogP contribution in [0.5, 0.6) is 0 Å². The molecule has 0 spiro atoms. The first-order valence-corrected chi connectivity index (χ1v) is 13.5. The van der Waals surface area contributed by atoms with E-state index < -0.39 is 17.5 Å². The van der Waals surface area contributed by atoms with Gasteiger partial charge in [0.1, 0.15) is 0 Å². The summed E-state index contributed by atoms with van der Waals surface area (Å²) >= 11 is 0. The molecule has 39 heavy (non-hydrogen) atoms. The lowest BCUT2D eigenvalue weighted by Gasteiger charge is -2.44. The number of hydrogen-bond donors (Lipinski definition) is 0. The van der Waals surface area contributed by atoms with Gasteiger partial charge in [0.15, 0.2) is 11.1 Å². The van der Waals surface area contributed by atoms with Gasteiger partial charge in [0.05, 0.1) is 21.8 Å². The Bertz CT molecular complexity index is 1850. The van der Waals surface area contributed by atoms with Gasteiger partial charge in [0.25, 0.3) is 0 Å². The predicted octanol–water partition coefficient (Wildman–Crippen LogP) is 9.65. The third-order valence-electron chi connectivity index (χ3n) is 9.24. The number of furan rings is 1. The maximum absolute atomic E-state index is 14.1. The van der Waals surface area contributed by atoms with E-state index in [1.807, 2.05) is 19.9 Å². The summed E-state index contributed by atoms with van der Waals surface area (Å²) in [6.07, 6.45) is -4.59. The molecule has 0 amide bonds. The van der Waals surface area contributed by atoms with Crippen molar-refractivity contribution in [3.63, 3.8) is 0 Å². The van der Waals surface area contributed by atoms with Gasteiger partial charge in [-0.15, -0.1) is 0 Å². The molecule has 0 N–H and O–H groups in total. The van der Waals surface area contributed by atoms with Crippen molar-refractivity contribution in [2.45, 2.75) is 84.9 Å². The molecule has 0 atom stereocenters. The highest BCUT2D eigenvalue weighted by atomic mass is 19.4. The van der Waals surface area contributed by atoms with E-state index in [0.717, 1.165) is 44.2 Å². The summed E-state index contributed by atoms with van der Waals surface area (Å²) in [5.41, 5.74) is 6.25. The van der Waals surface area contributed by atoms with Crippen LogP contribution >= 0.6 is 0 Å². The quantitative estimate of drug-likeness (QED) is 0.182. The summed E-state index contributed by atoms with van der Waals surface area (Å²) in [7, 11) is 0. The van der Waals surface area contributed by atoms with E-state index in [9.17, 15) is 13.2 Å². The third kappa shape index (κ3) is 3.38. The van der Waals surface area contributed by atoms with Crippen molar-refractivity contribution < 1.29 is 22.2 Å². The first-order chi connectivity index (χ1) is 18.0. The lowest BCUT2D eigenvalue weighted by molar-refractivity contribution is -0.736. The van der Waals surface area contributed by atoms with E-state index >= 15 is 0 Å². The van der Waals surface area contributed by atoms with Crippen LogP contribution in [0.4, 0.5) is 13.2 Å². The molecule has 5 heteroatoms. The van der Waals surface area contributed by atoms with Gasteiger partial charge < -0.3 is 4.42 Å². The van der Waals surface area contributed by atoms with Gasteiger partial charge in [-0.3, -0.25) is 0 Å². The van der Waals surface area contributed by atoms with Crippen LogP contribution in [-0.4, -0.2) is 0 Å². The molecular formula is C34H35F3NO+. The predicted molar refractivity (Wildman–Crippen MR) is 152 cm³/mol. The fourth-order valence-corrected chi connectivity index (χ4v) is 6.84. The van der Waals surface area contributed by atoms with Crippen LogP contribution in [0.3, 0.4) is 0 Å². The highest BCUT2D eigenvalue weighted by Gasteiger charge is 2.56. The van der Waals surface area contributed by atoms with Crippen LogP contribution in [-0.2, 0) is 22.5 Å². The molecule has 0 unspecified atom stereocenters. The summed E-state index contributed by atoms with van der Waals surface area (Å²) < 4.78 is 50.4. The molecule has 0 fully saturated rings. The zero-order valence-electron chi connectivity index (χ0n) is 24.1.